The van der Waals surface area contributed by atoms with Crippen molar-refractivity contribution in [2.45, 2.75) is 25.9 Å². The number of carbonyl (C=O) groups is 2. The van der Waals surface area contributed by atoms with E-state index in [0.717, 1.165) is 16.9 Å². The van der Waals surface area contributed by atoms with Crippen LogP contribution in [0.15, 0.2) is 59.1 Å². The molecular weight excluding hydrogens is 412 g/mol. The SMILES string of the molecule is COc1ccc(-c2noc(CCC(=O)N3CCCN3C(=O)OCc3ccccc3)n2)cc1. The van der Waals surface area contributed by atoms with Crippen molar-refractivity contribution in [2.75, 3.05) is 20.2 Å². The summed E-state index contributed by atoms with van der Waals surface area (Å²) in [7, 11) is 1.60. The van der Waals surface area contributed by atoms with E-state index in [1.165, 1.54) is 10.0 Å². The first-order chi connectivity index (χ1) is 15.6. The van der Waals surface area contributed by atoms with Crippen LogP contribution < -0.4 is 4.74 Å². The fraction of sp³-hybridized carbons (Fsp3) is 0.304. The second-order valence-electron chi connectivity index (χ2n) is 7.27. The number of ether oxygens (including phenoxy) is 2. The Morgan fingerprint density at radius 3 is 2.53 bits per heavy atom. The van der Waals surface area contributed by atoms with Crippen molar-refractivity contribution >= 4 is 12.0 Å². The Kier molecular flexibility index (Phi) is 6.64. The molecule has 32 heavy (non-hydrogen) atoms. The highest BCUT2D eigenvalue weighted by Gasteiger charge is 2.31. The molecule has 1 saturated heterocycles. The molecule has 9 nitrogen and oxygen atoms in total. The zero-order valence-corrected chi connectivity index (χ0v) is 17.8. The summed E-state index contributed by atoms with van der Waals surface area (Å²) in [5, 5.41) is 6.78. The molecule has 166 valence electrons. The lowest BCUT2D eigenvalue weighted by Gasteiger charge is -2.27. The van der Waals surface area contributed by atoms with Gasteiger partial charge in [0.1, 0.15) is 12.4 Å². The molecule has 0 bridgehead atoms. The van der Waals surface area contributed by atoms with Crippen molar-refractivity contribution < 1.29 is 23.6 Å². The standard InChI is InChI=1S/C23H24N4O5/c1-30-19-10-8-18(9-11-19)22-24-20(32-25-22)12-13-21(28)26-14-5-15-27(26)23(29)31-16-17-6-3-2-4-7-17/h2-4,6-11H,5,12-16H2,1H3. The van der Waals surface area contributed by atoms with E-state index in [-0.39, 0.29) is 25.4 Å². The molecular formula is C23H24N4O5. The molecule has 0 aliphatic carbocycles. The second kappa shape index (κ2) is 9.95. The normalized spacial score (nSPS) is 13.3. The van der Waals surface area contributed by atoms with Crippen molar-refractivity contribution in [3.8, 4) is 17.1 Å². The summed E-state index contributed by atoms with van der Waals surface area (Å²) in [4.78, 5) is 29.6. The third-order valence-corrected chi connectivity index (χ3v) is 5.10. The smallest absolute Gasteiger partial charge is 0.429 e. The van der Waals surface area contributed by atoms with E-state index >= 15 is 0 Å². The maximum absolute atomic E-state index is 12.7. The molecule has 2 amide bonds. The number of amides is 2. The van der Waals surface area contributed by atoms with Gasteiger partial charge in [-0.2, -0.15) is 4.98 Å². The van der Waals surface area contributed by atoms with Gasteiger partial charge in [-0.3, -0.25) is 4.79 Å². The third kappa shape index (κ3) is 5.05. The molecule has 1 aliphatic rings. The van der Waals surface area contributed by atoms with Gasteiger partial charge in [0.15, 0.2) is 0 Å². The van der Waals surface area contributed by atoms with Crippen LogP contribution in [-0.2, 0) is 22.6 Å². The summed E-state index contributed by atoms with van der Waals surface area (Å²) >= 11 is 0. The van der Waals surface area contributed by atoms with E-state index < -0.39 is 6.09 Å². The number of benzene rings is 2. The highest BCUT2D eigenvalue weighted by atomic mass is 16.6. The number of hydrogen-bond donors (Lipinski definition) is 0. The van der Waals surface area contributed by atoms with Crippen molar-refractivity contribution in [1.29, 1.82) is 0 Å². The van der Waals surface area contributed by atoms with E-state index in [1.807, 2.05) is 54.6 Å². The van der Waals surface area contributed by atoms with E-state index in [9.17, 15) is 9.59 Å². The number of methoxy groups -OCH3 is 1. The topological polar surface area (TPSA) is 98.0 Å². The van der Waals surface area contributed by atoms with Gasteiger partial charge in [0.25, 0.3) is 0 Å². The van der Waals surface area contributed by atoms with Gasteiger partial charge in [0.2, 0.25) is 17.6 Å². The molecule has 3 aromatic rings. The Balaban J connectivity index is 1.30. The quantitative estimate of drug-likeness (QED) is 0.559. The molecule has 4 rings (SSSR count). The minimum absolute atomic E-state index is 0.146. The predicted octanol–water partition coefficient (Wildman–Crippen LogP) is 3.46. The van der Waals surface area contributed by atoms with E-state index in [2.05, 4.69) is 10.1 Å². The Labute approximate surface area is 185 Å². The summed E-state index contributed by atoms with van der Waals surface area (Å²) in [5.41, 5.74) is 1.68. The van der Waals surface area contributed by atoms with Gasteiger partial charge in [-0.1, -0.05) is 35.5 Å². The first-order valence-electron chi connectivity index (χ1n) is 10.4. The highest BCUT2D eigenvalue weighted by molar-refractivity contribution is 5.80. The molecule has 0 atom stereocenters. The van der Waals surface area contributed by atoms with Crippen LogP contribution in [0.2, 0.25) is 0 Å². The Morgan fingerprint density at radius 2 is 1.78 bits per heavy atom. The van der Waals surface area contributed by atoms with E-state index in [1.54, 1.807) is 7.11 Å². The molecule has 0 saturated carbocycles. The van der Waals surface area contributed by atoms with Crippen LogP contribution in [0, 0.1) is 0 Å². The third-order valence-electron chi connectivity index (χ3n) is 5.10. The molecule has 9 heteroatoms. The van der Waals surface area contributed by atoms with Crippen molar-refractivity contribution in [2.24, 2.45) is 0 Å². The summed E-state index contributed by atoms with van der Waals surface area (Å²) in [6.07, 6.45) is 0.603. The Bertz CT molecular complexity index is 1050. The van der Waals surface area contributed by atoms with Crippen LogP contribution in [0.3, 0.4) is 0 Å². The van der Waals surface area contributed by atoms with Gasteiger partial charge in [-0.15, -0.1) is 0 Å². The van der Waals surface area contributed by atoms with Crippen molar-refractivity contribution in [1.82, 2.24) is 20.2 Å². The summed E-state index contributed by atoms with van der Waals surface area (Å²) in [6, 6.07) is 16.7. The van der Waals surface area contributed by atoms with Gasteiger partial charge in [0.05, 0.1) is 7.11 Å². The minimum Gasteiger partial charge on any atom is -0.497 e. The van der Waals surface area contributed by atoms with Crippen LogP contribution in [-0.4, -0.2) is 52.4 Å². The maximum Gasteiger partial charge on any atom is 0.429 e. The number of carbonyl (C=O) groups excluding carboxylic acids is 2. The molecule has 2 heterocycles. The number of aromatic nitrogens is 2. The van der Waals surface area contributed by atoms with Crippen molar-refractivity contribution in [3.63, 3.8) is 0 Å². The highest BCUT2D eigenvalue weighted by Crippen LogP contribution is 2.21. The minimum atomic E-state index is -0.528. The fourth-order valence-corrected chi connectivity index (χ4v) is 3.41. The van der Waals surface area contributed by atoms with Gasteiger partial charge in [0, 0.05) is 31.5 Å². The molecule has 0 radical (unpaired) electrons. The summed E-state index contributed by atoms with van der Waals surface area (Å²) < 4.78 is 15.8. The van der Waals surface area contributed by atoms with Gasteiger partial charge >= 0.3 is 6.09 Å². The maximum atomic E-state index is 12.7. The lowest BCUT2D eigenvalue weighted by Crippen LogP contribution is -2.45. The summed E-state index contributed by atoms with van der Waals surface area (Å²) in [6.45, 7) is 1.08. The number of hydrogen-bond acceptors (Lipinski definition) is 7. The predicted molar refractivity (Wildman–Crippen MR) is 114 cm³/mol. The average Bonchev–Trinajstić information content (AvgIpc) is 3.52. The van der Waals surface area contributed by atoms with Crippen LogP contribution >= 0.6 is 0 Å². The first-order valence-corrected chi connectivity index (χ1v) is 10.4. The lowest BCUT2D eigenvalue weighted by molar-refractivity contribution is -0.141. The van der Waals surface area contributed by atoms with Crippen LogP contribution in [0.5, 0.6) is 5.75 Å². The number of hydrazine groups is 1. The molecule has 1 aliphatic heterocycles. The Morgan fingerprint density at radius 1 is 1.03 bits per heavy atom. The molecule has 1 fully saturated rings. The molecule has 1 aromatic heterocycles. The Hall–Kier alpha value is -3.88. The molecule has 0 spiro atoms. The average molecular weight is 436 g/mol. The van der Waals surface area contributed by atoms with Gasteiger partial charge in [-0.05, 0) is 36.2 Å². The number of aryl methyl sites for hydroxylation is 1. The molecule has 0 N–H and O–H groups in total. The largest absolute Gasteiger partial charge is 0.497 e. The van der Waals surface area contributed by atoms with Crippen LogP contribution in [0.25, 0.3) is 11.4 Å². The van der Waals surface area contributed by atoms with Gasteiger partial charge in [-0.25, -0.2) is 14.8 Å². The summed E-state index contributed by atoms with van der Waals surface area (Å²) in [5.74, 6) is 1.35. The fourth-order valence-electron chi connectivity index (χ4n) is 3.41. The van der Waals surface area contributed by atoms with Crippen LogP contribution in [0.4, 0.5) is 4.79 Å². The zero-order valence-electron chi connectivity index (χ0n) is 17.8. The zero-order chi connectivity index (χ0) is 22.3. The molecule has 0 unspecified atom stereocenters. The first kappa shape index (κ1) is 21.4. The monoisotopic (exact) mass is 436 g/mol. The number of rotatable bonds is 7. The van der Waals surface area contributed by atoms with Crippen molar-refractivity contribution in [3.05, 3.63) is 66.1 Å². The van der Waals surface area contributed by atoms with Crippen LogP contribution in [0.1, 0.15) is 24.3 Å². The number of nitrogens with zero attached hydrogens (tertiary/aromatic N) is 4. The van der Waals surface area contributed by atoms with E-state index in [0.29, 0.717) is 31.2 Å². The lowest BCUT2D eigenvalue weighted by atomic mass is 10.2. The van der Waals surface area contributed by atoms with Gasteiger partial charge < -0.3 is 14.0 Å². The van der Waals surface area contributed by atoms with E-state index in [4.69, 9.17) is 14.0 Å². The molecule has 2 aromatic carbocycles. The second-order valence-corrected chi connectivity index (χ2v) is 7.27.